The summed E-state index contributed by atoms with van der Waals surface area (Å²) in [6.07, 6.45) is 8.96. The number of nitrogens with zero attached hydrogens (tertiary/aromatic N) is 3. The second-order valence-corrected chi connectivity index (χ2v) is 5.33. The Morgan fingerprint density at radius 3 is 3.00 bits per heavy atom. The van der Waals surface area contributed by atoms with Crippen LogP contribution in [0.4, 0.5) is 0 Å². The Labute approximate surface area is 139 Å². The molecule has 0 atom stereocenters. The molecule has 4 N–H and O–H groups in total. The van der Waals surface area contributed by atoms with Crippen molar-refractivity contribution >= 4 is 16.9 Å². The summed E-state index contributed by atoms with van der Waals surface area (Å²) in [6, 6.07) is 8.22. The van der Waals surface area contributed by atoms with Crippen molar-refractivity contribution in [2.24, 2.45) is 4.99 Å². The number of nitriles is 1. The number of rotatable bonds is 6. The van der Waals surface area contributed by atoms with E-state index < -0.39 is 0 Å². The number of fused-ring (bicyclic) bond motifs is 1. The van der Waals surface area contributed by atoms with Crippen molar-refractivity contribution in [2.75, 3.05) is 13.1 Å². The molecule has 7 heteroatoms. The fourth-order valence-electron chi connectivity index (χ4n) is 2.56. The van der Waals surface area contributed by atoms with E-state index >= 15 is 0 Å². The van der Waals surface area contributed by atoms with Crippen molar-refractivity contribution in [2.45, 2.75) is 12.8 Å². The number of benzene rings is 1. The number of aromatic nitrogens is 3. The highest BCUT2D eigenvalue weighted by atomic mass is 15.2. The Kier molecular flexibility index (Phi) is 5.10. The van der Waals surface area contributed by atoms with E-state index in [0.29, 0.717) is 19.0 Å². The maximum atomic E-state index is 8.84. The van der Waals surface area contributed by atoms with Crippen LogP contribution in [-0.2, 0) is 12.8 Å². The lowest BCUT2D eigenvalue weighted by Crippen LogP contribution is -2.36. The van der Waals surface area contributed by atoms with Crippen molar-refractivity contribution in [3.05, 3.63) is 54.2 Å². The monoisotopic (exact) mass is 321 g/mol. The van der Waals surface area contributed by atoms with Gasteiger partial charge in [0.2, 0.25) is 5.96 Å². The van der Waals surface area contributed by atoms with Crippen LogP contribution in [0.15, 0.2) is 48.0 Å². The summed E-state index contributed by atoms with van der Waals surface area (Å²) < 4.78 is 0. The van der Waals surface area contributed by atoms with Crippen LogP contribution in [-0.4, -0.2) is 34.0 Å². The molecule has 0 radical (unpaired) electrons. The van der Waals surface area contributed by atoms with Gasteiger partial charge < -0.3 is 15.3 Å². The van der Waals surface area contributed by atoms with Gasteiger partial charge in [-0.25, -0.2) is 4.98 Å². The van der Waals surface area contributed by atoms with Crippen LogP contribution in [0.2, 0.25) is 0 Å². The van der Waals surface area contributed by atoms with Gasteiger partial charge in [-0.3, -0.25) is 10.3 Å². The molecular formula is C17H19N7. The largest absolute Gasteiger partial charge is 0.361 e. The fraction of sp³-hybridized carbons (Fsp3) is 0.235. The van der Waals surface area contributed by atoms with Crippen molar-refractivity contribution in [3.63, 3.8) is 0 Å². The van der Waals surface area contributed by atoms with Crippen molar-refractivity contribution in [1.82, 2.24) is 25.6 Å². The third kappa shape index (κ3) is 3.93. The predicted octanol–water partition coefficient (Wildman–Crippen LogP) is 1.69. The standard InChI is InChI=1S/C17H19N7/c18-11-23-17(21-8-6-14-10-19-12-24-14)20-7-5-13-9-22-16-4-2-1-3-15(13)16/h1-4,9-10,12,22H,5-8H2,(H,19,24)(H2,20,21,23). The zero-order chi connectivity index (χ0) is 16.6. The predicted molar refractivity (Wildman–Crippen MR) is 93.3 cm³/mol. The summed E-state index contributed by atoms with van der Waals surface area (Å²) >= 11 is 0. The molecule has 0 saturated heterocycles. The van der Waals surface area contributed by atoms with Crippen molar-refractivity contribution < 1.29 is 0 Å². The number of guanidine groups is 1. The SMILES string of the molecule is N#CNC(=NCCc1cnc[nH]1)NCCc1c[nH]c2ccccc12. The third-order valence-electron chi connectivity index (χ3n) is 3.74. The van der Waals surface area contributed by atoms with Gasteiger partial charge in [-0.1, -0.05) is 18.2 Å². The van der Waals surface area contributed by atoms with E-state index in [1.807, 2.05) is 24.5 Å². The van der Waals surface area contributed by atoms with Crippen molar-refractivity contribution in [1.29, 1.82) is 5.26 Å². The summed E-state index contributed by atoms with van der Waals surface area (Å²) in [5.41, 5.74) is 3.40. The number of aliphatic imine (C=N–C) groups is 1. The molecule has 0 unspecified atom stereocenters. The molecule has 7 nitrogen and oxygen atoms in total. The first kappa shape index (κ1) is 15.6. The molecule has 3 aromatic rings. The molecule has 0 aliphatic carbocycles. The lowest BCUT2D eigenvalue weighted by molar-refractivity contribution is 0.829. The Hall–Kier alpha value is -3.27. The lowest BCUT2D eigenvalue weighted by Gasteiger charge is -2.07. The van der Waals surface area contributed by atoms with Crippen LogP contribution in [0.1, 0.15) is 11.3 Å². The number of para-hydroxylation sites is 1. The van der Waals surface area contributed by atoms with Crippen LogP contribution in [0.3, 0.4) is 0 Å². The first-order chi connectivity index (χ1) is 11.9. The number of aromatic amines is 2. The topological polar surface area (TPSA) is 105 Å². The molecule has 0 aliphatic rings. The average Bonchev–Trinajstić information content (AvgIpc) is 3.25. The Bertz CT molecular complexity index is 839. The number of hydrogen-bond acceptors (Lipinski definition) is 3. The second kappa shape index (κ2) is 7.83. The van der Waals surface area contributed by atoms with Crippen LogP contribution in [0.5, 0.6) is 0 Å². The van der Waals surface area contributed by atoms with Crippen LogP contribution >= 0.6 is 0 Å². The first-order valence-corrected chi connectivity index (χ1v) is 7.82. The van der Waals surface area contributed by atoms with Crippen LogP contribution in [0.25, 0.3) is 10.9 Å². The number of nitrogens with one attached hydrogen (secondary N) is 4. The average molecular weight is 321 g/mol. The summed E-state index contributed by atoms with van der Waals surface area (Å²) in [7, 11) is 0. The minimum absolute atomic E-state index is 0.497. The molecule has 2 heterocycles. The smallest absolute Gasteiger partial charge is 0.204 e. The van der Waals surface area contributed by atoms with Gasteiger partial charge in [0.25, 0.3) is 0 Å². The Morgan fingerprint density at radius 1 is 1.25 bits per heavy atom. The molecule has 0 saturated carbocycles. The molecule has 3 rings (SSSR count). The van der Waals surface area contributed by atoms with E-state index in [2.05, 4.69) is 42.7 Å². The summed E-state index contributed by atoms with van der Waals surface area (Å²) in [5.74, 6) is 0.497. The van der Waals surface area contributed by atoms with Gasteiger partial charge in [-0.15, -0.1) is 0 Å². The van der Waals surface area contributed by atoms with Gasteiger partial charge >= 0.3 is 0 Å². The Morgan fingerprint density at radius 2 is 2.17 bits per heavy atom. The molecule has 24 heavy (non-hydrogen) atoms. The normalized spacial score (nSPS) is 11.4. The fourth-order valence-corrected chi connectivity index (χ4v) is 2.56. The second-order valence-electron chi connectivity index (χ2n) is 5.33. The summed E-state index contributed by atoms with van der Waals surface area (Å²) in [5, 5.41) is 15.8. The zero-order valence-corrected chi connectivity index (χ0v) is 13.2. The van der Waals surface area contributed by atoms with E-state index in [0.717, 1.165) is 24.1 Å². The highest BCUT2D eigenvalue weighted by molar-refractivity contribution is 5.83. The Balaban J connectivity index is 1.53. The van der Waals surface area contributed by atoms with Gasteiger partial charge in [0.05, 0.1) is 6.33 Å². The zero-order valence-electron chi connectivity index (χ0n) is 13.2. The lowest BCUT2D eigenvalue weighted by atomic mass is 10.1. The quantitative estimate of drug-likeness (QED) is 0.240. The molecule has 0 bridgehead atoms. The maximum Gasteiger partial charge on any atom is 0.204 e. The number of H-pyrrole nitrogens is 2. The molecule has 1 aromatic carbocycles. The molecule has 0 aliphatic heterocycles. The van der Waals surface area contributed by atoms with Gasteiger partial charge in [-0.2, -0.15) is 5.26 Å². The number of imidazole rings is 1. The number of hydrogen-bond donors (Lipinski definition) is 4. The molecule has 0 amide bonds. The molecule has 2 aromatic heterocycles. The van der Waals surface area contributed by atoms with Crippen molar-refractivity contribution in [3.8, 4) is 6.19 Å². The maximum absolute atomic E-state index is 8.84. The summed E-state index contributed by atoms with van der Waals surface area (Å²) in [6.45, 7) is 1.27. The third-order valence-corrected chi connectivity index (χ3v) is 3.74. The van der Waals surface area contributed by atoms with Gasteiger partial charge in [0, 0.05) is 48.5 Å². The van der Waals surface area contributed by atoms with Crippen LogP contribution < -0.4 is 10.6 Å². The van der Waals surface area contributed by atoms with Crippen LogP contribution in [0, 0.1) is 11.5 Å². The minimum atomic E-state index is 0.497. The highest BCUT2D eigenvalue weighted by Gasteiger charge is 2.03. The van der Waals surface area contributed by atoms with E-state index in [9.17, 15) is 0 Å². The first-order valence-electron chi connectivity index (χ1n) is 7.82. The van der Waals surface area contributed by atoms with Gasteiger partial charge in [0.1, 0.15) is 0 Å². The summed E-state index contributed by atoms with van der Waals surface area (Å²) in [4.78, 5) is 14.7. The molecule has 0 spiro atoms. The van der Waals surface area contributed by atoms with E-state index in [1.165, 1.54) is 10.9 Å². The molecular weight excluding hydrogens is 302 g/mol. The van der Waals surface area contributed by atoms with Gasteiger partial charge in [0.15, 0.2) is 6.19 Å². The van der Waals surface area contributed by atoms with E-state index in [4.69, 9.17) is 5.26 Å². The molecule has 122 valence electrons. The molecule has 0 fully saturated rings. The van der Waals surface area contributed by atoms with Gasteiger partial charge in [-0.05, 0) is 18.1 Å². The van der Waals surface area contributed by atoms with E-state index in [-0.39, 0.29) is 0 Å². The van der Waals surface area contributed by atoms with E-state index in [1.54, 1.807) is 12.5 Å². The minimum Gasteiger partial charge on any atom is -0.361 e. The highest BCUT2D eigenvalue weighted by Crippen LogP contribution is 2.17.